The Morgan fingerprint density at radius 2 is 1.95 bits per heavy atom. The van der Waals surface area contributed by atoms with Crippen molar-refractivity contribution in [1.82, 2.24) is 0 Å². The standard InChI is InChI=1S/C17H14N2O2/c1-12-3-2-4-15(9-12)19-17(21)14(11-18)10-13-5-7-16(20)8-6-13/h2-10,20H,1H3,(H,19,21)/b14-10-. The van der Waals surface area contributed by atoms with Gasteiger partial charge in [0.05, 0.1) is 0 Å². The van der Waals surface area contributed by atoms with Gasteiger partial charge in [-0.05, 0) is 48.4 Å². The molecule has 0 aliphatic carbocycles. The molecule has 1 amide bonds. The zero-order chi connectivity index (χ0) is 15.2. The summed E-state index contributed by atoms with van der Waals surface area (Å²) in [5, 5.41) is 21.0. The number of amides is 1. The second-order valence-corrected chi connectivity index (χ2v) is 4.58. The van der Waals surface area contributed by atoms with E-state index in [4.69, 9.17) is 5.26 Å². The van der Waals surface area contributed by atoms with Crippen molar-refractivity contribution < 1.29 is 9.90 Å². The van der Waals surface area contributed by atoms with Crippen molar-refractivity contribution in [2.75, 3.05) is 5.32 Å². The summed E-state index contributed by atoms with van der Waals surface area (Å²) in [6.45, 7) is 1.92. The number of rotatable bonds is 3. The second-order valence-electron chi connectivity index (χ2n) is 4.58. The predicted octanol–water partition coefficient (Wildman–Crippen LogP) is 3.25. The van der Waals surface area contributed by atoms with Crippen molar-refractivity contribution in [2.24, 2.45) is 0 Å². The molecule has 0 aliphatic heterocycles. The van der Waals surface area contributed by atoms with Crippen LogP contribution in [0.15, 0.2) is 54.1 Å². The van der Waals surface area contributed by atoms with Crippen LogP contribution in [0.1, 0.15) is 11.1 Å². The number of nitrogens with zero attached hydrogens (tertiary/aromatic N) is 1. The molecule has 4 nitrogen and oxygen atoms in total. The molecule has 0 radical (unpaired) electrons. The van der Waals surface area contributed by atoms with Gasteiger partial charge in [0.15, 0.2) is 0 Å². The molecule has 0 fully saturated rings. The first-order valence-corrected chi connectivity index (χ1v) is 6.37. The zero-order valence-electron chi connectivity index (χ0n) is 11.5. The Hall–Kier alpha value is -3.06. The van der Waals surface area contributed by atoms with E-state index in [0.717, 1.165) is 5.56 Å². The van der Waals surface area contributed by atoms with Gasteiger partial charge in [0.2, 0.25) is 0 Å². The fraction of sp³-hybridized carbons (Fsp3) is 0.0588. The molecule has 2 aromatic carbocycles. The van der Waals surface area contributed by atoms with E-state index in [0.29, 0.717) is 11.3 Å². The van der Waals surface area contributed by atoms with Gasteiger partial charge < -0.3 is 10.4 Å². The number of phenols is 1. The van der Waals surface area contributed by atoms with Crippen LogP contribution in [0.25, 0.3) is 6.08 Å². The number of hydrogen-bond donors (Lipinski definition) is 2. The second kappa shape index (κ2) is 6.40. The maximum absolute atomic E-state index is 12.1. The van der Waals surface area contributed by atoms with Crippen LogP contribution in [0, 0.1) is 18.3 Å². The number of nitriles is 1. The molecule has 0 aliphatic rings. The Morgan fingerprint density at radius 3 is 2.57 bits per heavy atom. The van der Waals surface area contributed by atoms with Crippen molar-refractivity contribution >= 4 is 17.7 Å². The third kappa shape index (κ3) is 3.95. The number of aryl methyl sites for hydroxylation is 1. The molecule has 2 rings (SSSR count). The predicted molar refractivity (Wildman–Crippen MR) is 81.5 cm³/mol. The van der Waals surface area contributed by atoms with Crippen LogP contribution in [-0.2, 0) is 4.79 Å². The SMILES string of the molecule is Cc1cccc(NC(=O)/C(C#N)=C\c2ccc(O)cc2)c1. The van der Waals surface area contributed by atoms with E-state index in [1.54, 1.807) is 18.2 Å². The number of hydrogen-bond acceptors (Lipinski definition) is 3. The van der Waals surface area contributed by atoms with Gasteiger partial charge in [-0.15, -0.1) is 0 Å². The zero-order valence-corrected chi connectivity index (χ0v) is 11.5. The van der Waals surface area contributed by atoms with Gasteiger partial charge in [-0.2, -0.15) is 5.26 Å². The van der Waals surface area contributed by atoms with Gasteiger partial charge in [0.25, 0.3) is 5.91 Å². The molecular formula is C17H14N2O2. The smallest absolute Gasteiger partial charge is 0.266 e. The van der Waals surface area contributed by atoms with Crippen molar-refractivity contribution in [2.45, 2.75) is 6.92 Å². The average Bonchev–Trinajstić information content (AvgIpc) is 2.46. The molecule has 2 N–H and O–H groups in total. The van der Waals surface area contributed by atoms with E-state index in [2.05, 4.69) is 5.32 Å². The van der Waals surface area contributed by atoms with Gasteiger partial charge in [-0.1, -0.05) is 24.3 Å². The van der Waals surface area contributed by atoms with E-state index in [1.165, 1.54) is 18.2 Å². The molecule has 2 aromatic rings. The maximum Gasteiger partial charge on any atom is 0.266 e. The lowest BCUT2D eigenvalue weighted by Gasteiger charge is -2.05. The Balaban J connectivity index is 2.19. The molecule has 4 heteroatoms. The van der Waals surface area contributed by atoms with Crippen LogP contribution in [0.3, 0.4) is 0 Å². The van der Waals surface area contributed by atoms with Gasteiger partial charge >= 0.3 is 0 Å². The third-order valence-electron chi connectivity index (χ3n) is 2.85. The summed E-state index contributed by atoms with van der Waals surface area (Å²) in [5.74, 6) is -0.328. The maximum atomic E-state index is 12.1. The highest BCUT2D eigenvalue weighted by molar-refractivity contribution is 6.09. The van der Waals surface area contributed by atoms with Crippen LogP contribution in [0.4, 0.5) is 5.69 Å². The molecule has 104 valence electrons. The molecular weight excluding hydrogens is 264 g/mol. The highest BCUT2D eigenvalue weighted by Gasteiger charge is 2.09. The van der Waals surface area contributed by atoms with Gasteiger partial charge in [0.1, 0.15) is 17.4 Å². The molecule has 0 saturated carbocycles. The number of phenolic OH excluding ortho intramolecular Hbond substituents is 1. The lowest BCUT2D eigenvalue weighted by atomic mass is 10.1. The minimum absolute atomic E-state index is 0.00203. The van der Waals surface area contributed by atoms with Crippen LogP contribution < -0.4 is 5.32 Å². The summed E-state index contributed by atoms with van der Waals surface area (Å²) in [4.78, 5) is 12.1. The van der Waals surface area contributed by atoms with E-state index < -0.39 is 5.91 Å². The Morgan fingerprint density at radius 1 is 1.24 bits per heavy atom. The highest BCUT2D eigenvalue weighted by atomic mass is 16.3. The number of carbonyl (C=O) groups is 1. The number of aromatic hydroxyl groups is 1. The Kier molecular flexibility index (Phi) is 4.37. The van der Waals surface area contributed by atoms with Crippen LogP contribution in [-0.4, -0.2) is 11.0 Å². The Bertz CT molecular complexity index is 725. The van der Waals surface area contributed by atoms with E-state index in [1.807, 2.05) is 31.2 Å². The Labute approximate surface area is 123 Å². The van der Waals surface area contributed by atoms with E-state index in [9.17, 15) is 9.90 Å². The molecule has 0 bridgehead atoms. The summed E-state index contributed by atoms with van der Waals surface area (Å²) in [6, 6.07) is 15.5. The minimum atomic E-state index is -0.462. The fourth-order valence-electron chi connectivity index (χ4n) is 1.81. The quantitative estimate of drug-likeness (QED) is 0.668. The van der Waals surface area contributed by atoms with Gasteiger partial charge in [0, 0.05) is 5.69 Å². The molecule has 0 aromatic heterocycles. The summed E-state index contributed by atoms with van der Waals surface area (Å²) in [7, 11) is 0. The number of anilines is 1. The molecule has 0 atom stereocenters. The normalized spacial score (nSPS) is 10.8. The average molecular weight is 278 g/mol. The topological polar surface area (TPSA) is 73.1 Å². The van der Waals surface area contributed by atoms with Crippen molar-refractivity contribution in [3.63, 3.8) is 0 Å². The first kappa shape index (κ1) is 14.4. The van der Waals surface area contributed by atoms with Crippen molar-refractivity contribution in [3.05, 3.63) is 65.2 Å². The van der Waals surface area contributed by atoms with Gasteiger partial charge in [-0.3, -0.25) is 4.79 Å². The first-order chi connectivity index (χ1) is 10.1. The first-order valence-electron chi connectivity index (χ1n) is 6.37. The van der Waals surface area contributed by atoms with Crippen molar-refractivity contribution in [3.8, 4) is 11.8 Å². The molecule has 0 unspecified atom stereocenters. The summed E-state index contributed by atoms with van der Waals surface area (Å²) in [6.07, 6.45) is 1.48. The van der Waals surface area contributed by atoms with Crippen LogP contribution in [0.5, 0.6) is 5.75 Å². The van der Waals surface area contributed by atoms with Gasteiger partial charge in [-0.25, -0.2) is 0 Å². The number of benzene rings is 2. The van der Waals surface area contributed by atoms with Crippen LogP contribution >= 0.6 is 0 Å². The fourth-order valence-corrected chi connectivity index (χ4v) is 1.81. The molecule has 0 heterocycles. The lowest BCUT2D eigenvalue weighted by molar-refractivity contribution is -0.112. The monoisotopic (exact) mass is 278 g/mol. The number of nitrogens with one attached hydrogen (secondary N) is 1. The van der Waals surface area contributed by atoms with E-state index >= 15 is 0 Å². The lowest BCUT2D eigenvalue weighted by Crippen LogP contribution is -2.13. The molecule has 0 spiro atoms. The minimum Gasteiger partial charge on any atom is -0.508 e. The van der Waals surface area contributed by atoms with Crippen LogP contribution in [0.2, 0.25) is 0 Å². The van der Waals surface area contributed by atoms with Crippen molar-refractivity contribution in [1.29, 1.82) is 5.26 Å². The van der Waals surface area contributed by atoms with E-state index in [-0.39, 0.29) is 11.3 Å². The molecule has 21 heavy (non-hydrogen) atoms. The number of carbonyl (C=O) groups excluding carboxylic acids is 1. The summed E-state index contributed by atoms with van der Waals surface area (Å²) < 4.78 is 0. The summed E-state index contributed by atoms with van der Waals surface area (Å²) >= 11 is 0. The largest absolute Gasteiger partial charge is 0.508 e. The summed E-state index contributed by atoms with van der Waals surface area (Å²) in [5.41, 5.74) is 2.34. The molecule has 0 saturated heterocycles. The third-order valence-corrected chi connectivity index (χ3v) is 2.85. The highest BCUT2D eigenvalue weighted by Crippen LogP contribution is 2.15.